The quantitative estimate of drug-likeness (QED) is 0.286. The van der Waals surface area contributed by atoms with Gasteiger partial charge < -0.3 is 14.4 Å². The lowest BCUT2D eigenvalue weighted by Crippen LogP contribution is -2.57. The molecule has 1 amide bonds. The van der Waals surface area contributed by atoms with E-state index in [0.29, 0.717) is 24.0 Å². The SMILES string of the molecule is CC(C)(C)OC(=O)N1CC(Oc2ccc(C(C)(C)N=[N+]=[N-])c3cc(Cl)ncc23)C1. The minimum atomic E-state index is -0.764. The molecule has 0 bridgehead atoms. The molecule has 0 N–H and O–H groups in total. The predicted octanol–water partition coefficient (Wildman–Crippen LogP) is 5.43. The zero-order valence-electron chi connectivity index (χ0n) is 17.1. The normalized spacial score (nSPS) is 14.9. The summed E-state index contributed by atoms with van der Waals surface area (Å²) < 4.78 is 11.5. The molecule has 154 valence electrons. The lowest BCUT2D eigenvalue weighted by atomic mass is 9.90. The smallest absolute Gasteiger partial charge is 0.410 e. The van der Waals surface area contributed by atoms with E-state index >= 15 is 0 Å². The number of carbonyl (C=O) groups is 1. The highest BCUT2D eigenvalue weighted by molar-refractivity contribution is 6.30. The highest BCUT2D eigenvalue weighted by atomic mass is 35.5. The number of ether oxygens (including phenoxy) is 2. The van der Waals surface area contributed by atoms with Crippen molar-refractivity contribution in [2.75, 3.05) is 13.1 Å². The Morgan fingerprint density at radius 2 is 1.97 bits per heavy atom. The fraction of sp³-hybridized carbons (Fsp3) is 0.500. The van der Waals surface area contributed by atoms with Gasteiger partial charge in [0.25, 0.3) is 0 Å². The molecule has 0 saturated carbocycles. The van der Waals surface area contributed by atoms with Gasteiger partial charge in [0.05, 0.1) is 18.6 Å². The van der Waals surface area contributed by atoms with Crippen LogP contribution in [0.25, 0.3) is 21.2 Å². The van der Waals surface area contributed by atoms with Crippen molar-refractivity contribution in [3.63, 3.8) is 0 Å². The Kier molecular flexibility index (Phi) is 5.52. The van der Waals surface area contributed by atoms with Crippen LogP contribution in [0.3, 0.4) is 0 Å². The summed E-state index contributed by atoms with van der Waals surface area (Å²) >= 11 is 6.11. The largest absolute Gasteiger partial charge is 0.486 e. The van der Waals surface area contributed by atoms with Crippen LogP contribution in [-0.4, -0.2) is 40.8 Å². The van der Waals surface area contributed by atoms with E-state index in [2.05, 4.69) is 15.0 Å². The molecule has 2 aromatic rings. The lowest BCUT2D eigenvalue weighted by Gasteiger charge is -2.39. The van der Waals surface area contributed by atoms with E-state index in [1.165, 1.54) is 0 Å². The molecule has 9 heteroatoms. The number of likely N-dealkylation sites (tertiary alicyclic amines) is 1. The Morgan fingerprint density at radius 1 is 1.28 bits per heavy atom. The number of carbonyl (C=O) groups excluding carboxylic acids is 1. The first-order valence-corrected chi connectivity index (χ1v) is 9.67. The molecule has 0 atom stereocenters. The van der Waals surface area contributed by atoms with E-state index in [4.69, 9.17) is 26.6 Å². The minimum Gasteiger partial charge on any atom is -0.486 e. The van der Waals surface area contributed by atoms with Gasteiger partial charge in [-0.15, -0.1) is 0 Å². The zero-order chi connectivity index (χ0) is 21.4. The average Bonchev–Trinajstić information content (AvgIpc) is 2.55. The molecule has 8 nitrogen and oxygen atoms in total. The van der Waals surface area contributed by atoms with E-state index < -0.39 is 11.1 Å². The first kappa shape index (κ1) is 21.0. The number of nitrogens with zero attached hydrogens (tertiary/aromatic N) is 5. The van der Waals surface area contributed by atoms with E-state index in [1.54, 1.807) is 17.2 Å². The van der Waals surface area contributed by atoms with Gasteiger partial charge in [-0.2, -0.15) is 0 Å². The van der Waals surface area contributed by atoms with Crippen molar-refractivity contribution in [2.45, 2.75) is 51.9 Å². The zero-order valence-corrected chi connectivity index (χ0v) is 17.9. The second kappa shape index (κ2) is 7.61. The van der Waals surface area contributed by atoms with Crippen molar-refractivity contribution in [3.8, 4) is 5.75 Å². The molecule has 1 aliphatic rings. The Balaban J connectivity index is 1.82. The van der Waals surface area contributed by atoms with Crippen LogP contribution in [0.15, 0.2) is 29.5 Å². The fourth-order valence-corrected chi connectivity index (χ4v) is 3.32. The summed E-state index contributed by atoms with van der Waals surface area (Å²) in [6.45, 7) is 10.1. The number of hydrogen-bond donors (Lipinski definition) is 0. The maximum Gasteiger partial charge on any atom is 0.410 e. The van der Waals surface area contributed by atoms with Crippen LogP contribution in [0.2, 0.25) is 5.15 Å². The standard InChI is InChI=1S/C20H24ClN5O3/c1-19(2,3)29-18(27)26-10-12(11-26)28-16-7-6-15(20(4,5)24-25-22)13-8-17(21)23-9-14(13)16/h6-9,12H,10-11H2,1-5H3. The molecule has 29 heavy (non-hydrogen) atoms. The molecule has 2 heterocycles. The van der Waals surface area contributed by atoms with Gasteiger partial charge in [0.1, 0.15) is 22.6 Å². The number of hydrogen-bond acceptors (Lipinski definition) is 5. The molecule has 0 unspecified atom stereocenters. The third-order valence-corrected chi connectivity index (χ3v) is 4.78. The average molecular weight is 418 g/mol. The highest BCUT2D eigenvalue weighted by Crippen LogP contribution is 2.37. The van der Waals surface area contributed by atoms with Crippen LogP contribution in [-0.2, 0) is 10.3 Å². The van der Waals surface area contributed by atoms with Crippen molar-refractivity contribution in [1.29, 1.82) is 0 Å². The second-order valence-corrected chi connectivity index (χ2v) is 8.92. The van der Waals surface area contributed by atoms with Crippen LogP contribution in [0, 0.1) is 0 Å². The van der Waals surface area contributed by atoms with Crippen molar-refractivity contribution in [1.82, 2.24) is 9.88 Å². The van der Waals surface area contributed by atoms with Crippen LogP contribution >= 0.6 is 11.6 Å². The summed E-state index contributed by atoms with van der Waals surface area (Å²) in [5, 5.41) is 5.82. The topological polar surface area (TPSA) is 100 Å². The minimum absolute atomic E-state index is 0.141. The second-order valence-electron chi connectivity index (χ2n) is 8.54. The monoisotopic (exact) mass is 417 g/mol. The number of halogens is 1. The molecule has 1 aromatic carbocycles. The Hall–Kier alpha value is -2.70. The molecule has 0 radical (unpaired) electrons. The highest BCUT2D eigenvalue weighted by Gasteiger charge is 2.35. The molecule has 0 spiro atoms. The number of aromatic nitrogens is 1. The van der Waals surface area contributed by atoms with E-state index in [9.17, 15) is 4.79 Å². The van der Waals surface area contributed by atoms with Gasteiger partial charge in [0.2, 0.25) is 0 Å². The summed E-state index contributed by atoms with van der Waals surface area (Å²) in [6, 6.07) is 5.44. The van der Waals surface area contributed by atoms with Gasteiger partial charge in [-0.25, -0.2) is 9.78 Å². The summed E-state index contributed by atoms with van der Waals surface area (Å²) in [4.78, 5) is 20.8. The van der Waals surface area contributed by atoms with Crippen LogP contribution < -0.4 is 4.74 Å². The van der Waals surface area contributed by atoms with Gasteiger partial charge in [-0.05, 0) is 49.4 Å². The number of amides is 1. The number of pyridine rings is 1. The molecule has 1 saturated heterocycles. The Labute approximate surface area is 174 Å². The van der Waals surface area contributed by atoms with Gasteiger partial charge in [-0.3, -0.25) is 0 Å². The van der Waals surface area contributed by atoms with E-state index in [1.807, 2.05) is 46.8 Å². The third-order valence-electron chi connectivity index (χ3n) is 4.57. The number of fused-ring (bicyclic) bond motifs is 1. The number of azide groups is 1. The summed E-state index contributed by atoms with van der Waals surface area (Å²) in [5.74, 6) is 0.637. The summed E-state index contributed by atoms with van der Waals surface area (Å²) in [5.41, 5.74) is 8.43. The van der Waals surface area contributed by atoms with Crippen LogP contribution in [0.4, 0.5) is 4.79 Å². The summed E-state index contributed by atoms with van der Waals surface area (Å²) in [6.07, 6.45) is 1.16. The molecule has 3 rings (SSSR count). The van der Waals surface area contributed by atoms with Crippen LogP contribution in [0.5, 0.6) is 5.75 Å². The summed E-state index contributed by atoms with van der Waals surface area (Å²) in [7, 11) is 0. The van der Waals surface area contributed by atoms with Gasteiger partial charge in [-0.1, -0.05) is 36.6 Å². The molecular weight excluding hydrogens is 394 g/mol. The predicted molar refractivity (Wildman–Crippen MR) is 111 cm³/mol. The number of rotatable bonds is 4. The molecular formula is C20H24ClN5O3. The van der Waals surface area contributed by atoms with Crippen molar-refractivity contribution < 1.29 is 14.3 Å². The molecule has 1 aliphatic heterocycles. The number of benzene rings is 1. The Morgan fingerprint density at radius 3 is 2.59 bits per heavy atom. The molecule has 1 aromatic heterocycles. The first-order valence-electron chi connectivity index (χ1n) is 9.30. The Bertz CT molecular complexity index is 990. The van der Waals surface area contributed by atoms with E-state index in [0.717, 1.165) is 16.3 Å². The maximum atomic E-state index is 12.1. The molecule has 1 fully saturated rings. The van der Waals surface area contributed by atoms with Crippen molar-refractivity contribution >= 4 is 28.5 Å². The fourth-order valence-electron chi connectivity index (χ4n) is 3.16. The first-order chi connectivity index (χ1) is 13.5. The van der Waals surface area contributed by atoms with Gasteiger partial charge in [0, 0.05) is 16.5 Å². The van der Waals surface area contributed by atoms with Gasteiger partial charge >= 0.3 is 6.09 Å². The lowest BCUT2D eigenvalue weighted by molar-refractivity contribution is -0.0217. The van der Waals surface area contributed by atoms with E-state index in [-0.39, 0.29) is 12.2 Å². The third kappa shape index (κ3) is 4.66. The van der Waals surface area contributed by atoms with Gasteiger partial charge in [0.15, 0.2) is 0 Å². The van der Waals surface area contributed by atoms with Crippen molar-refractivity contribution in [3.05, 3.63) is 45.6 Å². The van der Waals surface area contributed by atoms with Crippen molar-refractivity contribution in [2.24, 2.45) is 5.11 Å². The maximum absolute atomic E-state index is 12.1. The van der Waals surface area contributed by atoms with Crippen LogP contribution in [0.1, 0.15) is 40.2 Å². The molecule has 0 aliphatic carbocycles.